The highest BCUT2D eigenvalue weighted by molar-refractivity contribution is 7.80. The largest absolute Gasteiger partial charge is 0.379 e. The Labute approximate surface area is 206 Å². The van der Waals surface area contributed by atoms with Crippen LogP contribution in [0.3, 0.4) is 0 Å². The van der Waals surface area contributed by atoms with Gasteiger partial charge in [0.25, 0.3) is 5.56 Å². The topological polar surface area (TPSA) is 60.6 Å². The first-order valence-corrected chi connectivity index (χ1v) is 12.4. The first kappa shape index (κ1) is 24.4. The highest BCUT2D eigenvalue weighted by Gasteiger charge is 2.18. The number of benzene rings is 2. The molecule has 2 N–H and O–H groups in total. The van der Waals surface area contributed by atoms with E-state index in [0.717, 1.165) is 67.0 Å². The lowest BCUT2D eigenvalue weighted by Crippen LogP contribution is -2.46. The first-order chi connectivity index (χ1) is 16.4. The molecule has 2 heterocycles. The molecule has 6 nitrogen and oxygen atoms in total. The van der Waals surface area contributed by atoms with Gasteiger partial charge in [-0.3, -0.25) is 9.69 Å². The summed E-state index contributed by atoms with van der Waals surface area (Å²) in [6, 6.07) is 16.5. The average molecular weight is 479 g/mol. The molecule has 34 heavy (non-hydrogen) atoms. The summed E-state index contributed by atoms with van der Waals surface area (Å²) < 4.78 is 5.49. The van der Waals surface area contributed by atoms with Crippen molar-refractivity contribution in [1.82, 2.24) is 20.1 Å². The van der Waals surface area contributed by atoms with Gasteiger partial charge in [-0.15, -0.1) is 0 Å². The molecule has 0 radical (unpaired) electrons. The van der Waals surface area contributed by atoms with Crippen LogP contribution in [0.15, 0.2) is 53.3 Å². The minimum Gasteiger partial charge on any atom is -0.379 e. The fraction of sp³-hybridized carbons (Fsp3) is 0.407. The van der Waals surface area contributed by atoms with Crippen LogP contribution in [0, 0.1) is 13.8 Å². The van der Waals surface area contributed by atoms with E-state index in [-0.39, 0.29) is 11.6 Å². The van der Waals surface area contributed by atoms with Crippen LogP contribution in [0.5, 0.6) is 0 Å². The van der Waals surface area contributed by atoms with E-state index in [1.807, 2.05) is 37.3 Å². The molecule has 7 heteroatoms. The van der Waals surface area contributed by atoms with Gasteiger partial charge >= 0.3 is 0 Å². The maximum Gasteiger partial charge on any atom is 0.253 e. The molecule has 180 valence electrons. The molecule has 4 rings (SSSR count). The molecule has 0 bridgehead atoms. The summed E-state index contributed by atoms with van der Waals surface area (Å²) in [5.41, 5.74) is 4.97. The zero-order chi connectivity index (χ0) is 24.1. The summed E-state index contributed by atoms with van der Waals surface area (Å²) in [5.74, 6) is 0. The van der Waals surface area contributed by atoms with Gasteiger partial charge in [-0.2, -0.15) is 0 Å². The van der Waals surface area contributed by atoms with Gasteiger partial charge in [-0.25, -0.2) is 0 Å². The van der Waals surface area contributed by atoms with E-state index >= 15 is 0 Å². The van der Waals surface area contributed by atoms with Gasteiger partial charge in [-0.1, -0.05) is 42.5 Å². The van der Waals surface area contributed by atoms with E-state index in [4.69, 9.17) is 17.0 Å². The first-order valence-electron chi connectivity index (χ1n) is 11.9. The second-order valence-electron chi connectivity index (χ2n) is 9.07. The molecule has 0 amide bonds. The second kappa shape index (κ2) is 11.1. The van der Waals surface area contributed by atoms with Gasteiger partial charge in [0.15, 0.2) is 5.11 Å². The lowest BCUT2D eigenvalue weighted by molar-refractivity contribution is 0.0357. The minimum atomic E-state index is -0.0588. The fourth-order valence-electron chi connectivity index (χ4n) is 4.38. The molecule has 3 aromatic rings. The number of ether oxygens (including phenoxy) is 1. The van der Waals surface area contributed by atoms with E-state index in [0.29, 0.717) is 11.7 Å². The maximum atomic E-state index is 13.0. The molecule has 1 atom stereocenters. The Morgan fingerprint density at radius 2 is 1.85 bits per heavy atom. The smallest absolute Gasteiger partial charge is 0.253 e. The predicted octanol–water partition coefficient (Wildman–Crippen LogP) is 3.91. The van der Waals surface area contributed by atoms with Crippen molar-refractivity contribution in [2.45, 2.75) is 33.4 Å². The summed E-state index contributed by atoms with van der Waals surface area (Å²) in [6.45, 7) is 11.6. The summed E-state index contributed by atoms with van der Waals surface area (Å²) in [5, 5.41) is 5.22. The van der Waals surface area contributed by atoms with Gasteiger partial charge in [0.05, 0.1) is 31.3 Å². The number of thiocarbonyl (C=S) groups is 1. The molecule has 1 fully saturated rings. The molecule has 0 saturated carbocycles. The Bertz CT molecular complexity index is 1190. The Balaban J connectivity index is 1.57. The van der Waals surface area contributed by atoms with Gasteiger partial charge in [-0.05, 0) is 55.7 Å². The number of pyridine rings is 1. The lowest BCUT2D eigenvalue weighted by atomic mass is 10.0. The SMILES string of the molecule is Cc1ccc(C)c2[nH]c(=O)c(CN(CCN3CCOCC3)C(=S)N[C@@H](C)c3ccccc3)cc12. The third-order valence-electron chi connectivity index (χ3n) is 6.60. The normalized spacial score (nSPS) is 15.3. The van der Waals surface area contributed by atoms with Crippen molar-refractivity contribution in [3.05, 3.63) is 81.1 Å². The molecule has 2 aromatic carbocycles. The van der Waals surface area contributed by atoms with Gasteiger partial charge < -0.3 is 19.9 Å². The number of aromatic nitrogens is 1. The van der Waals surface area contributed by atoms with Gasteiger partial charge in [0.2, 0.25) is 0 Å². The van der Waals surface area contributed by atoms with Crippen molar-refractivity contribution in [2.24, 2.45) is 0 Å². The van der Waals surface area contributed by atoms with E-state index < -0.39 is 0 Å². The molecule has 1 aromatic heterocycles. The van der Waals surface area contributed by atoms with Crippen LogP contribution in [-0.2, 0) is 11.3 Å². The number of fused-ring (bicyclic) bond motifs is 1. The van der Waals surface area contributed by atoms with Crippen LogP contribution < -0.4 is 10.9 Å². The lowest BCUT2D eigenvalue weighted by Gasteiger charge is -2.32. The highest BCUT2D eigenvalue weighted by atomic mass is 32.1. The third kappa shape index (κ3) is 5.84. The van der Waals surface area contributed by atoms with E-state index in [1.165, 1.54) is 5.56 Å². The highest BCUT2D eigenvalue weighted by Crippen LogP contribution is 2.20. The summed E-state index contributed by atoms with van der Waals surface area (Å²) in [6.07, 6.45) is 0. The zero-order valence-electron chi connectivity index (χ0n) is 20.3. The Morgan fingerprint density at radius 1 is 1.15 bits per heavy atom. The van der Waals surface area contributed by atoms with Crippen LogP contribution in [0.4, 0.5) is 0 Å². The van der Waals surface area contributed by atoms with Crippen molar-refractivity contribution in [1.29, 1.82) is 0 Å². The fourth-order valence-corrected chi connectivity index (χ4v) is 4.71. The second-order valence-corrected chi connectivity index (χ2v) is 9.46. The van der Waals surface area contributed by atoms with E-state index in [9.17, 15) is 4.79 Å². The van der Waals surface area contributed by atoms with Crippen molar-refractivity contribution >= 4 is 28.2 Å². The van der Waals surface area contributed by atoms with Crippen LogP contribution in [-0.4, -0.2) is 59.3 Å². The van der Waals surface area contributed by atoms with Crippen LogP contribution in [0.1, 0.15) is 35.2 Å². The zero-order valence-corrected chi connectivity index (χ0v) is 21.1. The van der Waals surface area contributed by atoms with E-state index in [2.05, 4.69) is 52.1 Å². The standard InChI is InChI=1S/C27H34N4O2S/c1-19-9-10-20(2)25-24(19)17-23(26(32)29-25)18-31(12-11-30-13-15-33-16-14-30)27(34)28-21(3)22-7-5-4-6-8-22/h4-10,17,21H,11-16,18H2,1-3H3,(H,28,34)(H,29,32)/t21-/m0/s1. The number of aromatic amines is 1. The number of aryl methyl sites for hydroxylation is 2. The van der Waals surface area contributed by atoms with Crippen LogP contribution in [0.25, 0.3) is 10.9 Å². The summed E-state index contributed by atoms with van der Waals surface area (Å²) in [4.78, 5) is 20.6. The monoisotopic (exact) mass is 478 g/mol. The molecule has 0 unspecified atom stereocenters. The number of hydrogen-bond donors (Lipinski definition) is 2. The average Bonchev–Trinajstić information content (AvgIpc) is 2.85. The Morgan fingerprint density at radius 3 is 2.59 bits per heavy atom. The third-order valence-corrected chi connectivity index (χ3v) is 6.97. The molecule has 0 aliphatic carbocycles. The van der Waals surface area contributed by atoms with Crippen molar-refractivity contribution in [3.63, 3.8) is 0 Å². The van der Waals surface area contributed by atoms with Crippen molar-refractivity contribution in [2.75, 3.05) is 39.4 Å². The number of H-pyrrole nitrogens is 1. The Hall–Kier alpha value is -2.74. The Kier molecular flexibility index (Phi) is 7.98. The molecular formula is C27H34N4O2S. The van der Waals surface area contributed by atoms with Gasteiger partial charge in [0.1, 0.15) is 0 Å². The van der Waals surface area contributed by atoms with Crippen LogP contribution >= 0.6 is 12.2 Å². The molecule has 0 spiro atoms. The summed E-state index contributed by atoms with van der Waals surface area (Å²) >= 11 is 5.86. The number of nitrogens with zero attached hydrogens (tertiary/aromatic N) is 2. The maximum absolute atomic E-state index is 13.0. The van der Waals surface area contributed by atoms with E-state index in [1.54, 1.807) is 0 Å². The minimum absolute atomic E-state index is 0.0588. The number of nitrogens with one attached hydrogen (secondary N) is 2. The predicted molar refractivity (Wildman–Crippen MR) is 142 cm³/mol. The van der Waals surface area contributed by atoms with Gasteiger partial charge in [0, 0.05) is 37.1 Å². The number of rotatable bonds is 7. The molecule has 1 saturated heterocycles. The number of morpholine rings is 1. The molecule has 1 aliphatic rings. The molecule has 1 aliphatic heterocycles. The quantitative estimate of drug-likeness (QED) is 0.502. The van der Waals surface area contributed by atoms with Crippen molar-refractivity contribution < 1.29 is 4.74 Å². The van der Waals surface area contributed by atoms with Crippen LogP contribution in [0.2, 0.25) is 0 Å². The molecular weight excluding hydrogens is 444 g/mol. The summed E-state index contributed by atoms with van der Waals surface area (Å²) in [7, 11) is 0. The van der Waals surface area contributed by atoms with Crippen molar-refractivity contribution in [3.8, 4) is 0 Å². The number of hydrogen-bond acceptors (Lipinski definition) is 4.